The highest BCUT2D eigenvalue weighted by atomic mass is 19.1. The first kappa shape index (κ1) is 23.9. The molecular weight excluding hydrogens is 481 g/mol. The van der Waals surface area contributed by atoms with Crippen molar-refractivity contribution in [2.45, 2.75) is 18.9 Å². The maximum atomic E-state index is 14.4. The molecule has 12 nitrogen and oxygen atoms in total. The lowest BCUT2D eigenvalue weighted by molar-refractivity contribution is -0.134. The van der Waals surface area contributed by atoms with Crippen molar-refractivity contribution >= 4 is 34.7 Å². The van der Waals surface area contributed by atoms with E-state index in [-0.39, 0.29) is 28.9 Å². The van der Waals surface area contributed by atoms with Crippen LogP contribution < -0.4 is 21.5 Å². The lowest BCUT2D eigenvalue weighted by Crippen LogP contribution is -2.51. The van der Waals surface area contributed by atoms with Crippen molar-refractivity contribution in [1.29, 1.82) is 0 Å². The van der Waals surface area contributed by atoms with Crippen LogP contribution >= 0.6 is 0 Å². The zero-order valence-electron chi connectivity index (χ0n) is 20.1. The molecule has 1 aliphatic rings. The normalized spacial score (nSPS) is 15.6. The Balaban J connectivity index is 1.50. The summed E-state index contributed by atoms with van der Waals surface area (Å²) in [5.41, 5.74) is 0.335. The number of rotatable bonds is 6. The molecule has 1 aliphatic heterocycles. The zero-order valence-corrected chi connectivity index (χ0v) is 20.1. The van der Waals surface area contributed by atoms with Crippen LogP contribution in [0, 0.1) is 5.82 Å². The van der Waals surface area contributed by atoms with Gasteiger partial charge in [-0.3, -0.25) is 19.0 Å². The largest absolute Gasteiger partial charge is 0.385 e. The van der Waals surface area contributed by atoms with E-state index in [1.807, 2.05) is 0 Å². The summed E-state index contributed by atoms with van der Waals surface area (Å²) in [6, 6.07) is 6.95. The second kappa shape index (κ2) is 9.68. The predicted octanol–water partition coefficient (Wildman–Crippen LogP) is 1.55. The lowest BCUT2D eigenvalue weighted by atomic mass is 10.1. The number of hydrogen-bond donors (Lipinski definition) is 3. The van der Waals surface area contributed by atoms with Crippen LogP contribution in [0.25, 0.3) is 11.5 Å². The van der Waals surface area contributed by atoms with Gasteiger partial charge >= 0.3 is 0 Å². The van der Waals surface area contributed by atoms with E-state index < -0.39 is 23.3 Å². The number of nitrogens with zero attached hydrogens (tertiary/aromatic N) is 6. The molecule has 0 saturated carbocycles. The molecule has 0 bridgehead atoms. The second-order valence-corrected chi connectivity index (χ2v) is 8.56. The molecule has 3 N–H and O–H groups in total. The second-order valence-electron chi connectivity index (χ2n) is 8.56. The monoisotopic (exact) mass is 505 g/mol. The van der Waals surface area contributed by atoms with Crippen LogP contribution in [-0.4, -0.2) is 67.5 Å². The van der Waals surface area contributed by atoms with Crippen LogP contribution in [-0.2, 0) is 4.79 Å². The van der Waals surface area contributed by atoms with E-state index in [4.69, 9.17) is 0 Å². The number of aromatic nitrogens is 5. The number of piperidine rings is 1. The van der Waals surface area contributed by atoms with Gasteiger partial charge in [-0.05, 0) is 25.0 Å². The Morgan fingerprint density at radius 2 is 2.00 bits per heavy atom. The van der Waals surface area contributed by atoms with Crippen molar-refractivity contribution in [3.63, 3.8) is 0 Å². The molecule has 0 unspecified atom stereocenters. The number of likely N-dealkylation sites (N-methyl/N-ethyl adjacent to an activating group) is 1. The predicted molar refractivity (Wildman–Crippen MR) is 134 cm³/mol. The van der Waals surface area contributed by atoms with Crippen LogP contribution in [0.2, 0.25) is 0 Å². The molecule has 1 atom stereocenters. The Morgan fingerprint density at radius 3 is 2.76 bits per heavy atom. The average molecular weight is 506 g/mol. The van der Waals surface area contributed by atoms with Gasteiger partial charge in [0.15, 0.2) is 17.2 Å². The van der Waals surface area contributed by atoms with Crippen molar-refractivity contribution in [3.8, 4) is 5.82 Å². The average Bonchev–Trinajstić information content (AvgIpc) is 3.33. The van der Waals surface area contributed by atoms with E-state index in [9.17, 15) is 18.8 Å². The fourth-order valence-corrected chi connectivity index (χ4v) is 4.21. The van der Waals surface area contributed by atoms with E-state index in [1.54, 1.807) is 43.3 Å². The molecule has 5 rings (SSSR count). The fourth-order valence-electron chi connectivity index (χ4n) is 4.21. The number of imidazole rings is 1. The minimum atomic E-state index is -0.660. The van der Waals surface area contributed by atoms with Gasteiger partial charge < -0.3 is 20.9 Å². The fraction of sp³-hybridized carbons (Fsp3) is 0.250. The molecule has 190 valence electrons. The van der Waals surface area contributed by atoms with Crippen LogP contribution in [0.3, 0.4) is 0 Å². The number of carbonyl (C=O) groups is 2. The smallest absolute Gasteiger partial charge is 0.280 e. The first-order chi connectivity index (χ1) is 17.9. The van der Waals surface area contributed by atoms with E-state index in [0.717, 1.165) is 23.3 Å². The molecule has 0 spiro atoms. The van der Waals surface area contributed by atoms with Crippen molar-refractivity contribution in [3.05, 3.63) is 70.8 Å². The standard InChI is InChI=1S/C24H24FN9O3/c1-26-16-11-19(29-17-10-14(25)13-33(24(17)37)20-7-3-4-8-27-20)31-34-18(12-28-21(16)34)22(35)30-15-6-5-9-32(2)23(15)36/h3-4,7-8,10-13,15,26H,5-6,9H2,1-2H3,(H,29,31)(H,30,35)/t15-/m1/s1. The number of nitrogens with one attached hydrogen (secondary N) is 3. The molecule has 37 heavy (non-hydrogen) atoms. The minimum absolute atomic E-state index is 0.0819. The number of amides is 2. The summed E-state index contributed by atoms with van der Waals surface area (Å²) < 4.78 is 16.8. The molecule has 0 aliphatic carbocycles. The summed E-state index contributed by atoms with van der Waals surface area (Å²) in [5.74, 6) is -0.919. The molecule has 13 heteroatoms. The third kappa shape index (κ3) is 4.58. The summed E-state index contributed by atoms with van der Waals surface area (Å²) in [6.45, 7) is 0.644. The third-order valence-corrected chi connectivity index (χ3v) is 6.08. The topological polar surface area (TPSA) is 139 Å². The molecule has 2 amide bonds. The van der Waals surface area contributed by atoms with Crippen molar-refractivity contribution < 1.29 is 14.0 Å². The molecular formula is C24H24FN9O3. The van der Waals surface area contributed by atoms with Gasteiger partial charge in [-0.15, -0.1) is 5.10 Å². The van der Waals surface area contributed by atoms with Crippen molar-refractivity contribution in [2.75, 3.05) is 31.3 Å². The summed E-state index contributed by atoms with van der Waals surface area (Å²) in [5, 5.41) is 13.0. The molecule has 1 fully saturated rings. The molecule has 4 aromatic rings. The van der Waals surface area contributed by atoms with Crippen molar-refractivity contribution in [1.82, 2.24) is 34.4 Å². The number of carbonyl (C=O) groups excluding carboxylic acids is 2. The molecule has 5 heterocycles. The Hall–Kier alpha value is -4.81. The van der Waals surface area contributed by atoms with Gasteiger partial charge in [0.1, 0.15) is 23.4 Å². The SMILES string of the molecule is CNc1cc(Nc2cc(F)cn(-c3ccccn3)c2=O)nn2c(C(=O)N[C@@H]3CCCN(C)C3=O)cnc12. The van der Waals surface area contributed by atoms with Gasteiger partial charge in [0.05, 0.1) is 11.9 Å². The van der Waals surface area contributed by atoms with E-state index in [2.05, 4.69) is 31.0 Å². The molecule has 0 radical (unpaired) electrons. The Kier molecular flexibility index (Phi) is 6.26. The number of likely N-dealkylation sites (tertiary alicyclic amines) is 1. The van der Waals surface area contributed by atoms with Crippen molar-refractivity contribution in [2.24, 2.45) is 0 Å². The highest BCUT2D eigenvalue weighted by Crippen LogP contribution is 2.22. The highest BCUT2D eigenvalue weighted by Gasteiger charge is 2.29. The van der Waals surface area contributed by atoms with Gasteiger partial charge in [0.25, 0.3) is 11.5 Å². The van der Waals surface area contributed by atoms with E-state index in [0.29, 0.717) is 24.3 Å². The first-order valence-electron chi connectivity index (χ1n) is 11.6. The molecule has 1 saturated heterocycles. The number of halogens is 1. The van der Waals surface area contributed by atoms with Gasteiger partial charge in [-0.25, -0.2) is 18.9 Å². The number of pyridine rings is 2. The van der Waals surface area contributed by atoms with Crippen LogP contribution in [0.15, 0.2) is 53.7 Å². The summed E-state index contributed by atoms with van der Waals surface area (Å²) in [6.07, 6.45) is 5.22. The van der Waals surface area contributed by atoms with Gasteiger partial charge in [-0.2, -0.15) is 0 Å². The van der Waals surface area contributed by atoms with Gasteiger partial charge in [0.2, 0.25) is 5.91 Å². The lowest BCUT2D eigenvalue weighted by Gasteiger charge is -2.29. The van der Waals surface area contributed by atoms with Gasteiger partial charge in [0, 0.05) is 45.2 Å². The summed E-state index contributed by atoms with van der Waals surface area (Å²) in [7, 11) is 3.36. The van der Waals surface area contributed by atoms with Gasteiger partial charge in [-0.1, -0.05) is 6.07 Å². The quantitative estimate of drug-likeness (QED) is 0.359. The number of hydrogen-bond acceptors (Lipinski definition) is 8. The molecule has 4 aromatic heterocycles. The maximum Gasteiger partial charge on any atom is 0.280 e. The first-order valence-corrected chi connectivity index (χ1v) is 11.6. The highest BCUT2D eigenvalue weighted by molar-refractivity contribution is 5.97. The summed E-state index contributed by atoms with van der Waals surface area (Å²) >= 11 is 0. The Labute approximate surface area is 210 Å². The zero-order chi connectivity index (χ0) is 26.1. The Morgan fingerprint density at radius 1 is 1.16 bits per heavy atom. The van der Waals surface area contributed by atoms with E-state index >= 15 is 0 Å². The number of fused-ring (bicyclic) bond motifs is 1. The molecule has 0 aromatic carbocycles. The van der Waals surface area contributed by atoms with Crippen LogP contribution in [0.1, 0.15) is 23.3 Å². The minimum Gasteiger partial charge on any atom is -0.385 e. The summed E-state index contributed by atoms with van der Waals surface area (Å²) in [4.78, 5) is 48.6. The van der Waals surface area contributed by atoms with E-state index in [1.165, 1.54) is 16.9 Å². The third-order valence-electron chi connectivity index (χ3n) is 6.08. The maximum absolute atomic E-state index is 14.4. The van der Waals surface area contributed by atoms with Crippen LogP contribution in [0.5, 0.6) is 0 Å². The Bertz CT molecular complexity index is 1550. The van der Waals surface area contributed by atoms with Crippen LogP contribution in [0.4, 0.5) is 21.6 Å². The number of anilines is 3.